The van der Waals surface area contributed by atoms with Gasteiger partial charge in [0.05, 0.1) is 0 Å². The van der Waals surface area contributed by atoms with Crippen molar-refractivity contribution in [3.8, 4) is 0 Å². The number of halogens is 5. The number of nitrogens with zero attached hydrogens (tertiary/aromatic N) is 1. The Morgan fingerprint density at radius 2 is 1.83 bits per heavy atom. The highest BCUT2D eigenvalue weighted by Crippen LogP contribution is 2.46. The zero-order valence-electron chi connectivity index (χ0n) is 11.8. The molecule has 0 saturated heterocycles. The van der Waals surface area contributed by atoms with E-state index in [9.17, 15) is 23.1 Å². The lowest BCUT2D eigenvalue weighted by Crippen LogP contribution is -2.55. The van der Waals surface area contributed by atoms with Crippen molar-refractivity contribution >= 4 is 23.2 Å². The van der Waals surface area contributed by atoms with Crippen LogP contribution >= 0.6 is 23.2 Å². The smallest absolute Gasteiger partial charge is 0.363 e. The first kappa shape index (κ1) is 17.8. The first-order chi connectivity index (χ1) is 10.6. The van der Waals surface area contributed by atoms with Gasteiger partial charge in [-0.25, -0.2) is 0 Å². The van der Waals surface area contributed by atoms with Crippen LogP contribution in [-0.4, -0.2) is 15.8 Å². The van der Waals surface area contributed by atoms with Gasteiger partial charge in [0, 0.05) is 28.2 Å². The molecule has 0 bridgehead atoms. The highest BCUT2D eigenvalue weighted by atomic mass is 35.5. The van der Waals surface area contributed by atoms with Gasteiger partial charge in [-0.3, -0.25) is 9.36 Å². The Bertz CT molecular complexity index is 776. The van der Waals surface area contributed by atoms with Crippen molar-refractivity contribution in [3.63, 3.8) is 0 Å². The first-order valence-corrected chi connectivity index (χ1v) is 7.27. The molecule has 1 heterocycles. The maximum atomic E-state index is 13.6. The molecule has 0 amide bonds. The maximum absolute atomic E-state index is 13.6. The lowest BCUT2D eigenvalue weighted by Gasteiger charge is -2.37. The zero-order valence-corrected chi connectivity index (χ0v) is 13.3. The van der Waals surface area contributed by atoms with Crippen LogP contribution in [0.4, 0.5) is 13.2 Å². The summed E-state index contributed by atoms with van der Waals surface area (Å²) in [6.07, 6.45) is -4.23. The minimum Gasteiger partial charge on any atom is -0.363 e. The van der Waals surface area contributed by atoms with E-state index in [0.717, 1.165) is 19.2 Å². The van der Waals surface area contributed by atoms with Crippen molar-refractivity contribution < 1.29 is 18.3 Å². The summed E-state index contributed by atoms with van der Waals surface area (Å²) in [6.45, 7) is 1.14. The molecule has 0 spiro atoms. The van der Waals surface area contributed by atoms with Gasteiger partial charge < -0.3 is 5.11 Å². The van der Waals surface area contributed by atoms with Crippen molar-refractivity contribution in [2.45, 2.75) is 24.7 Å². The molecule has 23 heavy (non-hydrogen) atoms. The number of alkyl halides is 3. The van der Waals surface area contributed by atoms with Gasteiger partial charge in [0.2, 0.25) is 5.72 Å². The molecule has 0 aliphatic rings. The van der Waals surface area contributed by atoms with E-state index in [1.54, 1.807) is 0 Å². The van der Waals surface area contributed by atoms with Gasteiger partial charge in [-0.1, -0.05) is 42.3 Å². The Balaban J connectivity index is 2.69. The summed E-state index contributed by atoms with van der Waals surface area (Å²) in [4.78, 5) is 11.8. The molecular weight excluding hydrogens is 354 g/mol. The van der Waals surface area contributed by atoms with Crippen LogP contribution < -0.4 is 5.56 Å². The average molecular weight is 366 g/mol. The largest absolute Gasteiger partial charge is 0.437 e. The fourth-order valence-electron chi connectivity index (χ4n) is 2.37. The second-order valence-corrected chi connectivity index (χ2v) is 5.86. The molecule has 2 atom stereocenters. The number of aliphatic hydroxyl groups is 1. The molecule has 0 radical (unpaired) electrons. The number of rotatable bonds is 3. The van der Waals surface area contributed by atoms with Gasteiger partial charge in [0.1, 0.15) is 0 Å². The summed E-state index contributed by atoms with van der Waals surface area (Å²) in [5.74, 6) is -1.55. The molecule has 0 saturated carbocycles. The summed E-state index contributed by atoms with van der Waals surface area (Å²) in [6, 6.07) is 7.39. The summed E-state index contributed by atoms with van der Waals surface area (Å²) in [7, 11) is 0. The van der Waals surface area contributed by atoms with E-state index in [1.165, 1.54) is 30.3 Å². The van der Waals surface area contributed by atoms with E-state index in [-0.39, 0.29) is 20.2 Å². The van der Waals surface area contributed by atoms with Crippen molar-refractivity contribution in [3.05, 3.63) is 68.6 Å². The lowest BCUT2D eigenvalue weighted by atomic mass is 9.88. The van der Waals surface area contributed by atoms with Crippen LogP contribution in [0, 0.1) is 0 Å². The minimum absolute atomic E-state index is 0.0200. The highest BCUT2D eigenvalue weighted by molar-refractivity contribution is 6.35. The van der Waals surface area contributed by atoms with Crippen LogP contribution in [0.25, 0.3) is 0 Å². The lowest BCUT2D eigenvalue weighted by molar-refractivity contribution is -0.308. The van der Waals surface area contributed by atoms with E-state index in [2.05, 4.69) is 0 Å². The summed E-state index contributed by atoms with van der Waals surface area (Å²) < 4.78 is 41.2. The van der Waals surface area contributed by atoms with Crippen molar-refractivity contribution in [1.82, 2.24) is 4.57 Å². The van der Waals surface area contributed by atoms with Gasteiger partial charge in [-0.2, -0.15) is 13.2 Å². The van der Waals surface area contributed by atoms with Crippen LogP contribution in [0.5, 0.6) is 0 Å². The Hall–Kier alpha value is -1.50. The van der Waals surface area contributed by atoms with Crippen LogP contribution in [0.3, 0.4) is 0 Å². The van der Waals surface area contributed by atoms with E-state index in [0.29, 0.717) is 0 Å². The predicted octanol–water partition coefficient (Wildman–Crippen LogP) is 4.17. The Kier molecular flexibility index (Phi) is 4.80. The van der Waals surface area contributed by atoms with Gasteiger partial charge in [0.25, 0.3) is 5.56 Å². The molecule has 1 aromatic heterocycles. The number of aromatic nitrogens is 1. The molecule has 8 heteroatoms. The van der Waals surface area contributed by atoms with E-state index < -0.39 is 23.4 Å². The molecule has 0 aliphatic carbocycles. The standard InChI is InChI=1S/C15H12Cl2F3NO2/c1-9(11-6-5-10(16)8-12(11)17)14(23,15(18,19)20)21-7-3-2-4-13(21)22/h2-9,23H,1H3. The SMILES string of the molecule is CC(c1ccc(Cl)cc1Cl)C(O)(n1ccccc1=O)C(F)(F)F. The molecule has 124 valence electrons. The van der Waals surface area contributed by atoms with Gasteiger partial charge in [0.15, 0.2) is 0 Å². The van der Waals surface area contributed by atoms with E-state index in [4.69, 9.17) is 23.2 Å². The summed E-state index contributed by atoms with van der Waals surface area (Å²) in [5, 5.41) is 10.7. The van der Waals surface area contributed by atoms with Crippen LogP contribution in [-0.2, 0) is 5.72 Å². The van der Waals surface area contributed by atoms with Crippen molar-refractivity contribution in [2.24, 2.45) is 0 Å². The molecule has 3 nitrogen and oxygen atoms in total. The fraction of sp³-hybridized carbons (Fsp3) is 0.267. The molecule has 2 rings (SSSR count). The second-order valence-electron chi connectivity index (χ2n) is 5.02. The molecule has 2 aromatic rings. The molecular formula is C15H12Cl2F3NO2. The summed E-state index contributed by atoms with van der Waals surface area (Å²) in [5.41, 5.74) is -4.42. The van der Waals surface area contributed by atoms with Crippen LogP contribution in [0.2, 0.25) is 10.0 Å². The molecule has 1 N–H and O–H groups in total. The second kappa shape index (κ2) is 6.19. The number of pyridine rings is 1. The topological polar surface area (TPSA) is 42.2 Å². The van der Waals surface area contributed by atoms with Crippen LogP contribution in [0.15, 0.2) is 47.4 Å². The first-order valence-electron chi connectivity index (χ1n) is 6.51. The highest BCUT2D eigenvalue weighted by Gasteiger charge is 2.59. The fourth-order valence-corrected chi connectivity index (χ4v) is 2.94. The molecule has 0 fully saturated rings. The summed E-state index contributed by atoms with van der Waals surface area (Å²) >= 11 is 11.7. The number of benzene rings is 1. The monoisotopic (exact) mass is 365 g/mol. The number of hydrogen-bond acceptors (Lipinski definition) is 2. The zero-order chi connectivity index (χ0) is 17.4. The van der Waals surface area contributed by atoms with E-state index in [1.807, 2.05) is 0 Å². The van der Waals surface area contributed by atoms with Gasteiger partial charge in [-0.05, 0) is 23.8 Å². The van der Waals surface area contributed by atoms with Gasteiger partial charge in [-0.15, -0.1) is 0 Å². The normalized spacial score (nSPS) is 16.0. The van der Waals surface area contributed by atoms with Crippen molar-refractivity contribution in [2.75, 3.05) is 0 Å². The Labute approximate surface area is 139 Å². The number of hydrogen-bond donors (Lipinski definition) is 1. The van der Waals surface area contributed by atoms with Crippen molar-refractivity contribution in [1.29, 1.82) is 0 Å². The molecule has 1 aromatic carbocycles. The third kappa shape index (κ3) is 3.11. The Morgan fingerprint density at radius 1 is 1.17 bits per heavy atom. The average Bonchev–Trinajstić information content (AvgIpc) is 2.45. The molecule has 2 unspecified atom stereocenters. The minimum atomic E-state index is -5.11. The van der Waals surface area contributed by atoms with Gasteiger partial charge >= 0.3 is 6.18 Å². The third-order valence-corrected chi connectivity index (χ3v) is 4.20. The maximum Gasteiger partial charge on any atom is 0.437 e. The predicted molar refractivity (Wildman–Crippen MR) is 81.8 cm³/mol. The van der Waals surface area contributed by atoms with Crippen LogP contribution in [0.1, 0.15) is 18.4 Å². The Morgan fingerprint density at radius 3 is 2.35 bits per heavy atom. The quantitative estimate of drug-likeness (QED) is 0.886. The third-order valence-electron chi connectivity index (χ3n) is 3.64. The molecule has 0 aliphatic heterocycles. The van der Waals surface area contributed by atoms with E-state index >= 15 is 0 Å².